The fourth-order valence-electron chi connectivity index (χ4n) is 3.15. The van der Waals surface area contributed by atoms with Gasteiger partial charge in [-0.25, -0.2) is 15.0 Å². The first-order valence-electron chi connectivity index (χ1n) is 8.23. The van der Waals surface area contributed by atoms with Crippen molar-refractivity contribution in [2.75, 3.05) is 18.1 Å². The fraction of sp³-hybridized carbons (Fsp3) is 0.667. The van der Waals surface area contributed by atoms with Gasteiger partial charge in [0.25, 0.3) is 0 Å². The molecule has 1 aliphatic rings. The molecule has 2 aromatic heterocycles. The van der Waals surface area contributed by atoms with E-state index in [1.54, 1.807) is 12.7 Å². The number of rotatable bonds is 7. The van der Waals surface area contributed by atoms with Crippen molar-refractivity contribution in [1.82, 2.24) is 19.5 Å². The zero-order chi connectivity index (χ0) is 17.1. The summed E-state index contributed by atoms with van der Waals surface area (Å²) in [6.07, 6.45) is 5.19. The molecule has 9 heteroatoms. The highest BCUT2D eigenvalue weighted by molar-refractivity contribution is 7.92. The third kappa shape index (κ3) is 3.34. The van der Waals surface area contributed by atoms with Crippen LogP contribution >= 0.6 is 12.2 Å². The summed E-state index contributed by atoms with van der Waals surface area (Å²) in [5.74, 6) is 0.869. The number of ether oxygens (including phenoxy) is 1. The van der Waals surface area contributed by atoms with Crippen LogP contribution < -0.4 is 10.0 Å². The highest BCUT2D eigenvalue weighted by Crippen LogP contribution is 2.32. The number of fused-ring (bicyclic) bond motifs is 1. The van der Waals surface area contributed by atoms with E-state index in [-0.39, 0.29) is 12.3 Å². The lowest BCUT2D eigenvalue weighted by Crippen LogP contribution is -2.31. The van der Waals surface area contributed by atoms with Gasteiger partial charge in [-0.05, 0) is 33.6 Å². The molecule has 0 amide bonds. The third-order valence-corrected chi connectivity index (χ3v) is 4.57. The van der Waals surface area contributed by atoms with Crippen LogP contribution in [-0.2, 0) is 8.92 Å². The van der Waals surface area contributed by atoms with Crippen molar-refractivity contribution in [3.8, 4) is 0 Å². The van der Waals surface area contributed by atoms with Gasteiger partial charge in [0.1, 0.15) is 12.6 Å². The number of nitrogens with zero attached hydrogens (tertiary/aromatic N) is 5. The molecular weight excluding hydrogens is 328 g/mol. The molecule has 2 atom stereocenters. The first-order chi connectivity index (χ1) is 11.7. The average molecular weight is 352 g/mol. The quantitative estimate of drug-likeness (QED) is 0.599. The normalized spacial score (nSPS) is 21.0. The van der Waals surface area contributed by atoms with Gasteiger partial charge in [0.15, 0.2) is 17.0 Å². The molecule has 24 heavy (non-hydrogen) atoms. The Morgan fingerprint density at radius 1 is 1.42 bits per heavy atom. The Morgan fingerprint density at radius 3 is 2.96 bits per heavy atom. The number of hydrogen-bond acceptors (Lipinski definition) is 8. The van der Waals surface area contributed by atoms with Crippen LogP contribution in [0.3, 0.4) is 0 Å². The molecule has 1 aliphatic heterocycles. The van der Waals surface area contributed by atoms with Crippen LogP contribution in [0.2, 0.25) is 0 Å². The lowest BCUT2D eigenvalue weighted by atomic mass is 10.2. The van der Waals surface area contributed by atoms with Crippen molar-refractivity contribution in [2.24, 2.45) is 5.14 Å². The minimum absolute atomic E-state index is 0.0487. The second-order valence-electron chi connectivity index (χ2n) is 6.07. The number of anilines is 1. The first-order valence-corrected chi connectivity index (χ1v) is 9.04. The van der Waals surface area contributed by atoms with E-state index in [0.29, 0.717) is 12.6 Å². The second kappa shape index (κ2) is 7.64. The smallest absolute Gasteiger partial charge is 0.167 e. The second-order valence-corrected chi connectivity index (χ2v) is 6.50. The summed E-state index contributed by atoms with van der Waals surface area (Å²) < 4.78 is 13.2. The third-order valence-electron chi connectivity index (χ3n) is 4.29. The van der Waals surface area contributed by atoms with E-state index in [2.05, 4.69) is 40.6 Å². The first kappa shape index (κ1) is 17.4. The molecule has 3 heterocycles. The Morgan fingerprint density at radius 2 is 2.25 bits per heavy atom. The van der Waals surface area contributed by atoms with Crippen LogP contribution in [0.4, 0.5) is 5.82 Å². The minimum Gasteiger partial charge on any atom is -0.353 e. The van der Waals surface area contributed by atoms with E-state index in [1.807, 2.05) is 4.57 Å². The highest BCUT2D eigenvalue weighted by Gasteiger charge is 2.29. The van der Waals surface area contributed by atoms with Gasteiger partial charge in [-0.1, -0.05) is 0 Å². The summed E-state index contributed by atoms with van der Waals surface area (Å²) in [5.41, 5.74) is 1.62. The molecule has 2 N–H and O–H groups in total. The van der Waals surface area contributed by atoms with Crippen molar-refractivity contribution in [2.45, 2.75) is 52.0 Å². The average Bonchev–Trinajstić information content (AvgIpc) is 3.20. The van der Waals surface area contributed by atoms with E-state index in [1.165, 1.54) is 0 Å². The van der Waals surface area contributed by atoms with Crippen LogP contribution in [0.15, 0.2) is 12.7 Å². The van der Waals surface area contributed by atoms with Crippen molar-refractivity contribution >= 4 is 29.2 Å². The Hall–Kier alpha value is -1.42. The zero-order valence-corrected chi connectivity index (χ0v) is 15.1. The molecule has 0 aliphatic carbocycles. The summed E-state index contributed by atoms with van der Waals surface area (Å²) in [7, 11) is 0. The van der Waals surface area contributed by atoms with Gasteiger partial charge in [0.2, 0.25) is 0 Å². The van der Waals surface area contributed by atoms with Crippen LogP contribution in [0, 0.1) is 0 Å². The van der Waals surface area contributed by atoms with E-state index in [9.17, 15) is 0 Å². The highest BCUT2D eigenvalue weighted by atomic mass is 32.2. The Balaban J connectivity index is 1.86. The van der Waals surface area contributed by atoms with Crippen LogP contribution in [-0.4, -0.2) is 44.8 Å². The maximum atomic E-state index is 6.05. The molecule has 0 aromatic carbocycles. The minimum atomic E-state index is -0.0803. The molecule has 8 nitrogen and oxygen atoms in total. The summed E-state index contributed by atoms with van der Waals surface area (Å²) in [6.45, 7) is 7.77. The number of aromatic nitrogens is 4. The Bertz CT molecular complexity index is 679. The zero-order valence-electron chi connectivity index (χ0n) is 14.3. The van der Waals surface area contributed by atoms with E-state index in [4.69, 9.17) is 14.1 Å². The summed E-state index contributed by atoms with van der Waals surface area (Å²) >= 11 is 0.875. The SMILES string of the molecule is CCN(c1ncnc2c1ncn2C1CCC(COSN)O1)C(C)C. The molecule has 3 rings (SSSR count). The lowest BCUT2D eigenvalue weighted by Gasteiger charge is -2.26. The Kier molecular flexibility index (Phi) is 5.54. The molecular formula is C15H24N6O2S. The molecule has 1 fully saturated rings. The molecule has 0 saturated carbocycles. The van der Waals surface area contributed by atoms with Crippen LogP contribution in [0.1, 0.15) is 39.8 Å². The van der Waals surface area contributed by atoms with Crippen LogP contribution in [0.5, 0.6) is 0 Å². The van der Waals surface area contributed by atoms with Crippen molar-refractivity contribution in [1.29, 1.82) is 0 Å². The van der Waals surface area contributed by atoms with Gasteiger partial charge in [0.05, 0.1) is 31.3 Å². The predicted molar refractivity (Wildman–Crippen MR) is 94.4 cm³/mol. The molecule has 132 valence electrons. The van der Waals surface area contributed by atoms with Crippen LogP contribution in [0.25, 0.3) is 11.2 Å². The molecule has 2 aromatic rings. The molecule has 0 spiro atoms. The monoisotopic (exact) mass is 352 g/mol. The summed E-state index contributed by atoms with van der Waals surface area (Å²) in [4.78, 5) is 15.7. The van der Waals surface area contributed by atoms with Gasteiger partial charge in [-0.15, -0.1) is 0 Å². The summed E-state index contributed by atoms with van der Waals surface area (Å²) in [6, 6.07) is 0.344. The largest absolute Gasteiger partial charge is 0.353 e. The topological polar surface area (TPSA) is 91.3 Å². The predicted octanol–water partition coefficient (Wildman–Crippen LogP) is 2.28. The molecule has 0 bridgehead atoms. The molecule has 1 saturated heterocycles. The number of nitrogens with two attached hydrogens (primary N) is 1. The van der Waals surface area contributed by atoms with Gasteiger partial charge in [-0.2, -0.15) is 0 Å². The maximum absolute atomic E-state index is 6.05. The number of imidazole rings is 1. The standard InChI is InChI=1S/C15H24N6O2S/c1-4-20(10(2)3)14-13-15(18-8-17-14)21(9-19-13)12-6-5-11(23-12)7-22-24-16/h8-12H,4-7,16H2,1-3H3. The lowest BCUT2D eigenvalue weighted by molar-refractivity contribution is -0.0128. The maximum Gasteiger partial charge on any atom is 0.167 e. The van der Waals surface area contributed by atoms with Gasteiger partial charge in [-0.3, -0.25) is 13.9 Å². The fourth-order valence-corrected chi connectivity index (χ4v) is 3.38. The Labute approximate surface area is 146 Å². The van der Waals surface area contributed by atoms with Crippen molar-refractivity contribution in [3.63, 3.8) is 0 Å². The van der Waals surface area contributed by atoms with E-state index < -0.39 is 0 Å². The van der Waals surface area contributed by atoms with Crippen molar-refractivity contribution in [3.05, 3.63) is 12.7 Å². The van der Waals surface area contributed by atoms with Gasteiger partial charge < -0.3 is 9.64 Å². The number of hydrogen-bond donors (Lipinski definition) is 1. The molecule has 2 unspecified atom stereocenters. The molecule has 0 radical (unpaired) electrons. The van der Waals surface area contributed by atoms with Gasteiger partial charge >= 0.3 is 0 Å². The summed E-state index contributed by atoms with van der Waals surface area (Å²) in [5, 5.41) is 5.29. The van der Waals surface area contributed by atoms with Gasteiger partial charge in [0, 0.05) is 12.6 Å². The van der Waals surface area contributed by atoms with E-state index in [0.717, 1.165) is 48.6 Å². The van der Waals surface area contributed by atoms with Crippen molar-refractivity contribution < 1.29 is 8.92 Å². The van der Waals surface area contributed by atoms with E-state index >= 15 is 0 Å².